The fraction of sp³-hybridized carbons (Fsp3) is 0.0909. The van der Waals surface area contributed by atoms with E-state index in [1.807, 2.05) is 6.07 Å². The largest absolute Gasteiger partial charge is 0.463 e. The van der Waals surface area contributed by atoms with Crippen LogP contribution in [0.3, 0.4) is 0 Å². The molecule has 84 valence electrons. The van der Waals surface area contributed by atoms with Crippen molar-refractivity contribution in [2.24, 2.45) is 0 Å². The average molecular weight is 228 g/mol. The number of rotatable bonds is 2. The van der Waals surface area contributed by atoms with Gasteiger partial charge in [-0.1, -0.05) is 0 Å². The highest BCUT2D eigenvalue weighted by Gasteiger charge is 2.15. The molecule has 2 aromatic rings. The van der Waals surface area contributed by atoms with Gasteiger partial charge in [-0.15, -0.1) is 0 Å². The number of benzene rings is 1. The molecule has 0 radical (unpaired) electrons. The standard InChI is InChI=1S/C11H8N4O2/c1-17-11(16)10-13-7-14-15(10)9-4-2-8(6-12)3-5-9/h2-5,7H,1H3. The minimum Gasteiger partial charge on any atom is -0.463 e. The first-order valence-corrected chi connectivity index (χ1v) is 4.75. The molecule has 0 bridgehead atoms. The first-order valence-electron chi connectivity index (χ1n) is 4.75. The monoisotopic (exact) mass is 228 g/mol. The number of esters is 1. The van der Waals surface area contributed by atoms with Crippen molar-refractivity contribution in [1.82, 2.24) is 14.8 Å². The van der Waals surface area contributed by atoms with E-state index >= 15 is 0 Å². The molecule has 0 atom stereocenters. The van der Waals surface area contributed by atoms with Gasteiger partial charge in [-0.05, 0) is 24.3 Å². The highest BCUT2D eigenvalue weighted by Crippen LogP contribution is 2.10. The molecule has 0 amide bonds. The van der Waals surface area contributed by atoms with E-state index in [-0.39, 0.29) is 5.82 Å². The summed E-state index contributed by atoms with van der Waals surface area (Å²) in [6.45, 7) is 0. The minimum absolute atomic E-state index is 0.0946. The Morgan fingerprint density at radius 1 is 1.41 bits per heavy atom. The zero-order valence-corrected chi connectivity index (χ0v) is 8.99. The van der Waals surface area contributed by atoms with Crippen LogP contribution in [0.25, 0.3) is 5.69 Å². The zero-order chi connectivity index (χ0) is 12.3. The van der Waals surface area contributed by atoms with Gasteiger partial charge in [-0.2, -0.15) is 10.4 Å². The highest BCUT2D eigenvalue weighted by atomic mass is 16.5. The lowest BCUT2D eigenvalue weighted by Crippen LogP contribution is -2.11. The van der Waals surface area contributed by atoms with Crippen LogP contribution in [0.1, 0.15) is 16.2 Å². The van der Waals surface area contributed by atoms with E-state index in [2.05, 4.69) is 14.8 Å². The quantitative estimate of drug-likeness (QED) is 0.714. The SMILES string of the molecule is COC(=O)c1ncnn1-c1ccc(C#N)cc1. The molecule has 0 N–H and O–H groups in total. The molecule has 0 saturated carbocycles. The van der Waals surface area contributed by atoms with Crippen LogP contribution in [0, 0.1) is 11.3 Å². The van der Waals surface area contributed by atoms with Gasteiger partial charge in [0.1, 0.15) is 6.33 Å². The van der Waals surface area contributed by atoms with E-state index in [9.17, 15) is 4.79 Å². The van der Waals surface area contributed by atoms with E-state index in [0.29, 0.717) is 11.3 Å². The lowest BCUT2D eigenvalue weighted by atomic mass is 10.2. The number of methoxy groups -OCH3 is 1. The summed E-state index contributed by atoms with van der Waals surface area (Å²) in [6.07, 6.45) is 1.27. The maximum absolute atomic E-state index is 11.4. The molecule has 1 aromatic heterocycles. The molecule has 6 heteroatoms. The molecule has 0 spiro atoms. The van der Waals surface area contributed by atoms with Crippen LogP contribution >= 0.6 is 0 Å². The first kappa shape index (κ1) is 10.8. The number of hydrogen-bond donors (Lipinski definition) is 0. The Labute approximate surface area is 97.1 Å². The van der Waals surface area contributed by atoms with Crippen LogP contribution in [0.5, 0.6) is 0 Å². The third-order valence-corrected chi connectivity index (χ3v) is 2.16. The Morgan fingerprint density at radius 3 is 2.71 bits per heavy atom. The Kier molecular flexibility index (Phi) is 2.83. The molecular formula is C11H8N4O2. The van der Waals surface area contributed by atoms with E-state index in [4.69, 9.17) is 5.26 Å². The molecule has 0 saturated heterocycles. The van der Waals surface area contributed by atoms with E-state index in [1.165, 1.54) is 18.1 Å². The first-order chi connectivity index (χ1) is 8.26. The molecule has 17 heavy (non-hydrogen) atoms. The number of nitrogens with zero attached hydrogens (tertiary/aromatic N) is 4. The Morgan fingerprint density at radius 2 is 2.12 bits per heavy atom. The predicted octanol–water partition coefficient (Wildman–Crippen LogP) is 0.926. The number of aromatic nitrogens is 3. The maximum Gasteiger partial charge on any atom is 0.376 e. The molecule has 1 heterocycles. The van der Waals surface area contributed by atoms with E-state index < -0.39 is 5.97 Å². The molecule has 2 rings (SSSR count). The fourth-order valence-corrected chi connectivity index (χ4v) is 1.34. The smallest absolute Gasteiger partial charge is 0.376 e. The molecule has 0 unspecified atom stereocenters. The van der Waals surface area contributed by atoms with Gasteiger partial charge >= 0.3 is 5.97 Å². The summed E-state index contributed by atoms with van der Waals surface area (Å²) in [6, 6.07) is 8.65. The van der Waals surface area contributed by atoms with E-state index in [1.54, 1.807) is 24.3 Å². The normalized spacial score (nSPS) is 9.65. The summed E-state index contributed by atoms with van der Waals surface area (Å²) in [5, 5.41) is 12.6. The number of nitriles is 1. The van der Waals surface area contributed by atoms with Crippen molar-refractivity contribution in [3.05, 3.63) is 42.0 Å². The fourth-order valence-electron chi connectivity index (χ4n) is 1.34. The van der Waals surface area contributed by atoms with Crippen molar-refractivity contribution in [3.8, 4) is 11.8 Å². The van der Waals surface area contributed by atoms with Gasteiger partial charge in [0.15, 0.2) is 0 Å². The van der Waals surface area contributed by atoms with Crippen LogP contribution in [0.4, 0.5) is 0 Å². The number of carbonyl (C=O) groups excluding carboxylic acids is 1. The number of carbonyl (C=O) groups is 1. The van der Waals surface area contributed by atoms with Gasteiger partial charge in [-0.3, -0.25) is 0 Å². The molecule has 0 aliphatic heterocycles. The topological polar surface area (TPSA) is 80.8 Å². The van der Waals surface area contributed by atoms with Crippen molar-refractivity contribution in [2.45, 2.75) is 0 Å². The van der Waals surface area contributed by atoms with Gasteiger partial charge in [-0.25, -0.2) is 14.5 Å². The highest BCUT2D eigenvalue weighted by molar-refractivity contribution is 5.85. The molecular weight excluding hydrogens is 220 g/mol. The summed E-state index contributed by atoms with van der Waals surface area (Å²) >= 11 is 0. The van der Waals surface area contributed by atoms with Crippen molar-refractivity contribution in [3.63, 3.8) is 0 Å². The van der Waals surface area contributed by atoms with Crippen molar-refractivity contribution in [1.29, 1.82) is 5.26 Å². The van der Waals surface area contributed by atoms with Crippen molar-refractivity contribution < 1.29 is 9.53 Å². The summed E-state index contributed by atoms with van der Waals surface area (Å²) < 4.78 is 5.94. The van der Waals surface area contributed by atoms with Crippen molar-refractivity contribution >= 4 is 5.97 Å². The lowest BCUT2D eigenvalue weighted by molar-refractivity contribution is 0.0583. The zero-order valence-electron chi connectivity index (χ0n) is 8.99. The summed E-state index contributed by atoms with van der Waals surface area (Å²) in [4.78, 5) is 15.2. The third kappa shape index (κ3) is 1.99. The number of ether oxygens (including phenoxy) is 1. The molecule has 0 aliphatic rings. The van der Waals surface area contributed by atoms with E-state index in [0.717, 1.165) is 0 Å². The van der Waals surface area contributed by atoms with Crippen LogP contribution in [-0.2, 0) is 4.74 Å². The van der Waals surface area contributed by atoms with Gasteiger partial charge in [0.25, 0.3) is 0 Å². The van der Waals surface area contributed by atoms with Gasteiger partial charge in [0.05, 0.1) is 24.4 Å². The second kappa shape index (κ2) is 4.45. The van der Waals surface area contributed by atoms with Crippen LogP contribution < -0.4 is 0 Å². The predicted molar refractivity (Wildman–Crippen MR) is 57.4 cm³/mol. The maximum atomic E-state index is 11.4. The Hall–Kier alpha value is -2.68. The molecule has 0 aliphatic carbocycles. The van der Waals surface area contributed by atoms with Crippen LogP contribution in [0.2, 0.25) is 0 Å². The Bertz CT molecular complexity index is 580. The second-order valence-electron chi connectivity index (χ2n) is 3.15. The van der Waals surface area contributed by atoms with Crippen LogP contribution in [0.15, 0.2) is 30.6 Å². The van der Waals surface area contributed by atoms with Gasteiger partial charge in [0.2, 0.25) is 5.82 Å². The van der Waals surface area contributed by atoms with Gasteiger partial charge < -0.3 is 4.74 Å². The lowest BCUT2D eigenvalue weighted by Gasteiger charge is -2.03. The Balaban J connectivity index is 2.43. The summed E-state index contributed by atoms with van der Waals surface area (Å²) in [7, 11) is 1.28. The minimum atomic E-state index is -0.563. The summed E-state index contributed by atoms with van der Waals surface area (Å²) in [5.41, 5.74) is 1.18. The third-order valence-electron chi connectivity index (χ3n) is 2.16. The average Bonchev–Trinajstić information content (AvgIpc) is 2.87. The molecule has 6 nitrogen and oxygen atoms in total. The molecule has 1 aromatic carbocycles. The van der Waals surface area contributed by atoms with Crippen LogP contribution in [-0.4, -0.2) is 27.8 Å². The van der Waals surface area contributed by atoms with Gasteiger partial charge in [0, 0.05) is 0 Å². The molecule has 0 fully saturated rings. The van der Waals surface area contributed by atoms with Crippen molar-refractivity contribution in [2.75, 3.05) is 7.11 Å². The second-order valence-corrected chi connectivity index (χ2v) is 3.15. The number of hydrogen-bond acceptors (Lipinski definition) is 5. The summed E-state index contributed by atoms with van der Waals surface area (Å²) in [5.74, 6) is -0.468.